The van der Waals surface area contributed by atoms with Gasteiger partial charge in [0.1, 0.15) is 5.82 Å². The molecule has 7 nitrogen and oxygen atoms in total. The number of anilines is 2. The predicted octanol–water partition coefficient (Wildman–Crippen LogP) is 3.71. The third kappa shape index (κ3) is 4.51. The minimum absolute atomic E-state index is 0.0968. The molecule has 4 rings (SSSR count). The van der Waals surface area contributed by atoms with Gasteiger partial charge in [0.25, 0.3) is 0 Å². The number of carbonyl (C=O) groups excluding carboxylic acids is 2. The van der Waals surface area contributed by atoms with Crippen molar-refractivity contribution in [1.82, 2.24) is 9.97 Å². The molecule has 0 aliphatic carbocycles. The highest BCUT2D eigenvalue weighted by Gasteiger charge is 2.27. The van der Waals surface area contributed by atoms with Gasteiger partial charge >= 0.3 is 0 Å². The molecule has 1 aliphatic heterocycles. The molecule has 0 unspecified atom stereocenters. The first-order valence-electron chi connectivity index (χ1n) is 10.4. The van der Waals surface area contributed by atoms with Crippen LogP contribution >= 0.6 is 0 Å². The van der Waals surface area contributed by atoms with Gasteiger partial charge in [0, 0.05) is 30.6 Å². The van der Waals surface area contributed by atoms with Crippen LogP contribution in [-0.4, -0.2) is 48.0 Å². The summed E-state index contributed by atoms with van der Waals surface area (Å²) < 4.78 is 49.0. The lowest BCUT2D eigenvalue weighted by atomic mass is 10.00. The van der Waals surface area contributed by atoms with Crippen molar-refractivity contribution >= 4 is 34.2 Å². The molecule has 2 aromatic carbocycles. The number of ketones is 1. The van der Waals surface area contributed by atoms with Gasteiger partial charge in [0.15, 0.2) is 23.2 Å². The summed E-state index contributed by atoms with van der Waals surface area (Å²) in [5.74, 6) is -6.06. The van der Waals surface area contributed by atoms with Crippen molar-refractivity contribution in [3.63, 3.8) is 0 Å². The van der Waals surface area contributed by atoms with E-state index in [1.807, 2.05) is 4.90 Å². The predicted molar refractivity (Wildman–Crippen MR) is 116 cm³/mol. The van der Waals surface area contributed by atoms with E-state index in [0.717, 1.165) is 0 Å². The van der Waals surface area contributed by atoms with Gasteiger partial charge in [-0.15, -0.1) is 0 Å². The molecule has 1 saturated heterocycles. The second kappa shape index (κ2) is 9.14. The number of morpholine rings is 1. The fourth-order valence-corrected chi connectivity index (χ4v) is 3.40. The Balaban J connectivity index is 1.73. The second-order valence-corrected chi connectivity index (χ2v) is 7.91. The van der Waals surface area contributed by atoms with Gasteiger partial charge in [-0.25, -0.2) is 18.2 Å². The Bertz CT molecular complexity index is 1240. The average Bonchev–Trinajstić information content (AvgIpc) is 2.82. The lowest BCUT2D eigenvalue weighted by molar-refractivity contribution is -0.118. The molecule has 1 fully saturated rings. The SMILES string of the molecule is CC(C)C(=O)Nc1cc(F)c(F)c(C(=O)c2ccc3ncc(N4CCOCC4)nc3c2)c1F. The van der Waals surface area contributed by atoms with Crippen LogP contribution in [0.2, 0.25) is 0 Å². The first-order chi connectivity index (χ1) is 15.8. The maximum absolute atomic E-state index is 15.0. The van der Waals surface area contributed by atoms with Gasteiger partial charge in [-0.3, -0.25) is 14.6 Å². The normalized spacial score (nSPS) is 14.1. The minimum Gasteiger partial charge on any atom is -0.378 e. The van der Waals surface area contributed by atoms with E-state index in [1.165, 1.54) is 18.2 Å². The summed E-state index contributed by atoms with van der Waals surface area (Å²) in [7, 11) is 0. The highest BCUT2D eigenvalue weighted by atomic mass is 19.2. The van der Waals surface area contributed by atoms with E-state index in [1.54, 1.807) is 20.0 Å². The molecule has 0 radical (unpaired) electrons. The number of hydrogen-bond acceptors (Lipinski definition) is 6. The van der Waals surface area contributed by atoms with Gasteiger partial charge in [-0.2, -0.15) is 0 Å². The van der Waals surface area contributed by atoms with E-state index in [2.05, 4.69) is 15.3 Å². The Morgan fingerprint density at radius 3 is 2.48 bits per heavy atom. The van der Waals surface area contributed by atoms with Crippen LogP contribution in [0.5, 0.6) is 0 Å². The van der Waals surface area contributed by atoms with Crippen LogP contribution in [-0.2, 0) is 9.53 Å². The molecule has 1 N–H and O–H groups in total. The highest BCUT2D eigenvalue weighted by molar-refractivity contribution is 6.11. The van der Waals surface area contributed by atoms with E-state index < -0.39 is 46.3 Å². The standard InChI is InChI=1S/C23H21F3N4O3/c1-12(2)23(32)29-17-10-14(24)20(25)19(21(17)26)22(31)13-3-4-15-16(9-13)28-18(11-27-15)30-5-7-33-8-6-30/h3-4,9-12H,5-8H2,1-2H3,(H,29,32). The zero-order valence-electron chi connectivity index (χ0n) is 18.0. The van der Waals surface area contributed by atoms with Crippen LogP contribution < -0.4 is 10.2 Å². The number of hydrogen-bond donors (Lipinski definition) is 1. The molecular formula is C23H21F3N4O3. The third-order valence-electron chi connectivity index (χ3n) is 5.29. The van der Waals surface area contributed by atoms with Gasteiger partial charge in [0.05, 0.1) is 41.7 Å². The Labute approximate surface area is 187 Å². The molecule has 10 heteroatoms. The second-order valence-electron chi connectivity index (χ2n) is 7.91. The summed E-state index contributed by atoms with van der Waals surface area (Å²) in [4.78, 5) is 35.7. The number of fused-ring (bicyclic) bond motifs is 1. The molecule has 2 heterocycles. The van der Waals surface area contributed by atoms with E-state index in [0.29, 0.717) is 49.2 Å². The molecular weight excluding hydrogens is 437 g/mol. The quantitative estimate of drug-likeness (QED) is 0.464. The van der Waals surface area contributed by atoms with Crippen molar-refractivity contribution in [2.24, 2.45) is 5.92 Å². The fourth-order valence-electron chi connectivity index (χ4n) is 3.40. The molecule has 172 valence electrons. The van der Waals surface area contributed by atoms with Crippen molar-refractivity contribution in [2.45, 2.75) is 13.8 Å². The van der Waals surface area contributed by atoms with E-state index >= 15 is 4.39 Å². The molecule has 0 bridgehead atoms. The summed E-state index contributed by atoms with van der Waals surface area (Å²) in [5, 5.41) is 2.19. The van der Waals surface area contributed by atoms with E-state index in [9.17, 15) is 18.4 Å². The number of nitrogens with zero attached hydrogens (tertiary/aromatic N) is 3. The van der Waals surface area contributed by atoms with Crippen LogP contribution in [0.25, 0.3) is 11.0 Å². The smallest absolute Gasteiger partial charge is 0.227 e. The Morgan fingerprint density at radius 2 is 1.79 bits per heavy atom. The van der Waals surface area contributed by atoms with Gasteiger partial charge in [-0.05, 0) is 18.2 Å². The lowest BCUT2D eigenvalue weighted by Gasteiger charge is -2.27. The van der Waals surface area contributed by atoms with Crippen molar-refractivity contribution in [3.8, 4) is 0 Å². The van der Waals surface area contributed by atoms with Gasteiger partial charge in [0.2, 0.25) is 5.91 Å². The molecule has 0 saturated carbocycles. The number of aromatic nitrogens is 2. The molecule has 0 spiro atoms. The summed E-state index contributed by atoms with van der Waals surface area (Å²) in [5.41, 5.74) is -0.971. The summed E-state index contributed by atoms with van der Waals surface area (Å²) in [6.07, 6.45) is 1.60. The summed E-state index contributed by atoms with van der Waals surface area (Å²) in [6, 6.07) is 4.70. The van der Waals surface area contributed by atoms with Crippen LogP contribution in [0.4, 0.5) is 24.7 Å². The number of benzene rings is 2. The first-order valence-corrected chi connectivity index (χ1v) is 10.4. The van der Waals surface area contributed by atoms with Crippen molar-refractivity contribution in [2.75, 3.05) is 36.5 Å². The topological polar surface area (TPSA) is 84.4 Å². The summed E-state index contributed by atoms with van der Waals surface area (Å²) >= 11 is 0. The molecule has 1 amide bonds. The van der Waals surface area contributed by atoms with Crippen molar-refractivity contribution in [1.29, 1.82) is 0 Å². The summed E-state index contributed by atoms with van der Waals surface area (Å²) in [6.45, 7) is 5.46. The lowest BCUT2D eigenvalue weighted by Crippen LogP contribution is -2.36. The minimum atomic E-state index is -1.63. The van der Waals surface area contributed by atoms with Crippen LogP contribution in [0.1, 0.15) is 29.8 Å². The van der Waals surface area contributed by atoms with Crippen LogP contribution in [0, 0.1) is 23.4 Å². The molecule has 0 atom stereocenters. The number of amides is 1. The van der Waals surface area contributed by atoms with E-state index in [4.69, 9.17) is 4.74 Å². The maximum Gasteiger partial charge on any atom is 0.227 e. The third-order valence-corrected chi connectivity index (χ3v) is 5.29. The Morgan fingerprint density at radius 1 is 1.06 bits per heavy atom. The largest absolute Gasteiger partial charge is 0.378 e. The van der Waals surface area contributed by atoms with Crippen LogP contribution in [0.15, 0.2) is 30.5 Å². The van der Waals surface area contributed by atoms with Crippen molar-refractivity contribution < 1.29 is 27.5 Å². The number of ether oxygens (including phenoxy) is 1. The Kier molecular flexibility index (Phi) is 6.28. The molecule has 33 heavy (non-hydrogen) atoms. The first kappa shape index (κ1) is 22.7. The van der Waals surface area contributed by atoms with Crippen molar-refractivity contribution in [3.05, 3.63) is 59.0 Å². The Hall–Kier alpha value is -3.53. The number of halogens is 3. The number of nitrogens with one attached hydrogen (secondary N) is 1. The number of carbonyl (C=O) groups is 2. The maximum atomic E-state index is 15.0. The van der Waals surface area contributed by atoms with Gasteiger partial charge in [-0.1, -0.05) is 13.8 Å². The molecule has 1 aromatic heterocycles. The fraction of sp³-hybridized carbons (Fsp3) is 0.304. The highest BCUT2D eigenvalue weighted by Crippen LogP contribution is 2.28. The molecule has 3 aromatic rings. The number of rotatable bonds is 5. The van der Waals surface area contributed by atoms with E-state index in [-0.39, 0.29) is 5.56 Å². The zero-order valence-corrected chi connectivity index (χ0v) is 18.0. The monoisotopic (exact) mass is 458 g/mol. The van der Waals surface area contributed by atoms with Crippen LogP contribution in [0.3, 0.4) is 0 Å². The zero-order chi connectivity index (χ0) is 23.7. The average molecular weight is 458 g/mol. The molecule has 1 aliphatic rings. The van der Waals surface area contributed by atoms with Gasteiger partial charge < -0.3 is 15.0 Å².